The zero-order valence-corrected chi connectivity index (χ0v) is 13.9. The van der Waals surface area contributed by atoms with Gasteiger partial charge in [-0.05, 0) is 42.8 Å². The van der Waals surface area contributed by atoms with Gasteiger partial charge in [0.1, 0.15) is 12.4 Å². The third kappa shape index (κ3) is 4.46. The smallest absolute Gasteiger partial charge is 0.167 e. The first kappa shape index (κ1) is 16.3. The lowest BCUT2D eigenvalue weighted by Crippen LogP contribution is -2.13. The molecule has 0 amide bonds. The molecule has 2 aromatic carbocycles. The normalized spacial score (nSPS) is 10.7. The molecule has 0 aliphatic carbocycles. The van der Waals surface area contributed by atoms with E-state index in [1.165, 1.54) is 0 Å². The van der Waals surface area contributed by atoms with Gasteiger partial charge in [-0.2, -0.15) is 0 Å². The van der Waals surface area contributed by atoms with Crippen molar-refractivity contribution in [2.24, 2.45) is 0 Å². The number of nitrogens with one attached hydrogen (secondary N) is 1. The van der Waals surface area contributed by atoms with Gasteiger partial charge in [0.2, 0.25) is 0 Å². The van der Waals surface area contributed by atoms with E-state index in [9.17, 15) is 0 Å². The second kappa shape index (κ2) is 8.31. The molecule has 1 heterocycles. The van der Waals surface area contributed by atoms with E-state index in [0.29, 0.717) is 6.61 Å². The van der Waals surface area contributed by atoms with Crippen molar-refractivity contribution in [3.8, 4) is 17.1 Å². The molecule has 1 aromatic heterocycles. The fraction of sp³-hybridized carbons (Fsp3) is 0.250. The van der Waals surface area contributed by atoms with Crippen LogP contribution in [0.15, 0.2) is 65.2 Å². The van der Waals surface area contributed by atoms with Gasteiger partial charge in [0.05, 0.1) is 5.69 Å². The number of benzene rings is 2. The fourth-order valence-electron chi connectivity index (χ4n) is 2.38. The highest BCUT2D eigenvalue weighted by Crippen LogP contribution is 2.23. The Bertz CT molecular complexity index is 736. The van der Waals surface area contributed by atoms with Crippen molar-refractivity contribution >= 4 is 0 Å². The highest BCUT2D eigenvalue weighted by molar-refractivity contribution is 5.58. The number of nitrogens with zero attached hydrogens (tertiary/aromatic N) is 1. The van der Waals surface area contributed by atoms with E-state index in [1.54, 1.807) is 0 Å². The van der Waals surface area contributed by atoms with Crippen LogP contribution in [0, 0.1) is 0 Å². The number of hydrogen-bond acceptors (Lipinski definition) is 4. The van der Waals surface area contributed by atoms with Crippen LogP contribution in [0.4, 0.5) is 0 Å². The summed E-state index contributed by atoms with van der Waals surface area (Å²) in [6.45, 7) is 4.42. The molecule has 3 aromatic rings. The zero-order valence-electron chi connectivity index (χ0n) is 13.9. The van der Waals surface area contributed by atoms with E-state index in [0.717, 1.165) is 47.8 Å². The van der Waals surface area contributed by atoms with Crippen molar-refractivity contribution in [3.63, 3.8) is 0 Å². The van der Waals surface area contributed by atoms with Crippen molar-refractivity contribution in [2.75, 3.05) is 6.54 Å². The average Bonchev–Trinajstić information content (AvgIpc) is 3.10. The van der Waals surface area contributed by atoms with E-state index >= 15 is 0 Å². The van der Waals surface area contributed by atoms with Gasteiger partial charge < -0.3 is 14.6 Å². The highest BCUT2D eigenvalue weighted by atomic mass is 16.5. The molecular formula is C20H22N2O2. The van der Waals surface area contributed by atoms with E-state index in [-0.39, 0.29) is 0 Å². The molecule has 0 atom stereocenters. The summed E-state index contributed by atoms with van der Waals surface area (Å²) in [7, 11) is 0. The summed E-state index contributed by atoms with van der Waals surface area (Å²) in [5.74, 6) is 1.62. The van der Waals surface area contributed by atoms with Crippen LogP contribution in [0.1, 0.15) is 24.6 Å². The molecule has 0 radical (unpaired) electrons. The average molecular weight is 322 g/mol. The lowest BCUT2D eigenvalue weighted by molar-refractivity contribution is 0.306. The summed E-state index contributed by atoms with van der Waals surface area (Å²) in [6, 6.07) is 20.0. The summed E-state index contributed by atoms with van der Waals surface area (Å²) in [6.07, 6.45) is 1.11. The maximum absolute atomic E-state index is 5.80. The minimum atomic E-state index is 0.565. The molecule has 0 fully saturated rings. The van der Waals surface area contributed by atoms with Gasteiger partial charge in [-0.3, -0.25) is 0 Å². The Morgan fingerprint density at radius 2 is 1.83 bits per heavy atom. The Morgan fingerprint density at radius 1 is 1.04 bits per heavy atom. The Morgan fingerprint density at radius 3 is 2.58 bits per heavy atom. The molecule has 0 spiro atoms. The first-order valence-corrected chi connectivity index (χ1v) is 8.28. The topological polar surface area (TPSA) is 47.3 Å². The highest BCUT2D eigenvalue weighted by Gasteiger charge is 2.07. The Balaban J connectivity index is 1.58. The fourth-order valence-corrected chi connectivity index (χ4v) is 2.38. The molecule has 4 nitrogen and oxygen atoms in total. The van der Waals surface area contributed by atoms with Gasteiger partial charge in [0, 0.05) is 18.2 Å². The number of ether oxygens (including phenoxy) is 1. The van der Waals surface area contributed by atoms with Crippen molar-refractivity contribution in [1.82, 2.24) is 10.5 Å². The maximum Gasteiger partial charge on any atom is 0.167 e. The van der Waals surface area contributed by atoms with Crippen LogP contribution in [-0.4, -0.2) is 11.7 Å². The van der Waals surface area contributed by atoms with Gasteiger partial charge in [-0.1, -0.05) is 42.4 Å². The van der Waals surface area contributed by atoms with Crippen LogP contribution in [0.2, 0.25) is 0 Å². The first-order chi connectivity index (χ1) is 11.8. The van der Waals surface area contributed by atoms with Crippen LogP contribution in [0.25, 0.3) is 11.3 Å². The van der Waals surface area contributed by atoms with E-state index in [2.05, 4.69) is 29.5 Å². The minimum Gasteiger partial charge on any atom is -0.489 e. The van der Waals surface area contributed by atoms with Crippen LogP contribution in [0.3, 0.4) is 0 Å². The van der Waals surface area contributed by atoms with Crippen molar-refractivity contribution in [3.05, 3.63) is 71.9 Å². The van der Waals surface area contributed by atoms with Gasteiger partial charge in [-0.25, -0.2) is 0 Å². The molecule has 0 aliphatic heterocycles. The molecule has 24 heavy (non-hydrogen) atoms. The second-order valence-electron chi connectivity index (χ2n) is 5.66. The summed E-state index contributed by atoms with van der Waals surface area (Å²) < 4.78 is 11.2. The number of aromatic nitrogens is 1. The summed E-state index contributed by atoms with van der Waals surface area (Å²) in [4.78, 5) is 0. The molecule has 124 valence electrons. The molecule has 0 unspecified atom stereocenters. The molecular weight excluding hydrogens is 300 g/mol. The lowest BCUT2D eigenvalue weighted by Gasteiger charge is -2.06. The molecule has 0 saturated heterocycles. The van der Waals surface area contributed by atoms with Gasteiger partial charge in [-0.15, -0.1) is 0 Å². The summed E-state index contributed by atoms with van der Waals surface area (Å²) in [5, 5.41) is 7.41. The van der Waals surface area contributed by atoms with Crippen LogP contribution >= 0.6 is 0 Å². The third-order valence-electron chi connectivity index (χ3n) is 3.68. The standard InChI is InChI=1S/C20H22N2O2/c1-2-12-21-14-18-13-20(24-22-18)17-8-10-19(11-9-17)23-15-16-6-4-3-5-7-16/h3-11,13,21H,2,12,14-15H2,1H3. The van der Waals surface area contributed by atoms with Gasteiger partial charge in [0.15, 0.2) is 5.76 Å². The van der Waals surface area contributed by atoms with Crippen LogP contribution < -0.4 is 10.1 Å². The molecule has 1 N–H and O–H groups in total. The van der Waals surface area contributed by atoms with E-state index in [4.69, 9.17) is 9.26 Å². The Kier molecular flexibility index (Phi) is 5.64. The Hall–Kier alpha value is -2.59. The first-order valence-electron chi connectivity index (χ1n) is 8.28. The van der Waals surface area contributed by atoms with Crippen LogP contribution in [-0.2, 0) is 13.2 Å². The largest absolute Gasteiger partial charge is 0.489 e. The summed E-state index contributed by atoms with van der Waals surface area (Å²) in [5.41, 5.74) is 3.07. The predicted molar refractivity (Wildman–Crippen MR) is 94.7 cm³/mol. The molecule has 4 heteroatoms. The predicted octanol–water partition coefficient (Wildman–Crippen LogP) is 4.42. The van der Waals surface area contributed by atoms with E-state index < -0.39 is 0 Å². The zero-order chi connectivity index (χ0) is 16.6. The van der Waals surface area contributed by atoms with E-state index in [1.807, 2.05) is 48.5 Å². The maximum atomic E-state index is 5.80. The lowest BCUT2D eigenvalue weighted by atomic mass is 10.1. The number of hydrogen-bond donors (Lipinski definition) is 1. The second-order valence-corrected chi connectivity index (χ2v) is 5.66. The van der Waals surface area contributed by atoms with Crippen molar-refractivity contribution < 1.29 is 9.26 Å². The molecule has 3 rings (SSSR count). The van der Waals surface area contributed by atoms with Crippen LogP contribution in [0.5, 0.6) is 5.75 Å². The third-order valence-corrected chi connectivity index (χ3v) is 3.68. The van der Waals surface area contributed by atoms with Gasteiger partial charge in [0.25, 0.3) is 0 Å². The van der Waals surface area contributed by atoms with Crippen molar-refractivity contribution in [2.45, 2.75) is 26.5 Å². The Labute approximate surface area is 142 Å². The molecule has 0 aliphatic rings. The number of rotatable bonds is 8. The van der Waals surface area contributed by atoms with Gasteiger partial charge >= 0.3 is 0 Å². The molecule has 0 bridgehead atoms. The minimum absolute atomic E-state index is 0.565. The monoisotopic (exact) mass is 322 g/mol. The van der Waals surface area contributed by atoms with Crippen molar-refractivity contribution in [1.29, 1.82) is 0 Å². The summed E-state index contributed by atoms with van der Waals surface area (Å²) >= 11 is 0. The quantitative estimate of drug-likeness (QED) is 0.624. The molecule has 0 saturated carbocycles. The SMILES string of the molecule is CCCNCc1cc(-c2ccc(OCc3ccccc3)cc2)on1.